The van der Waals surface area contributed by atoms with Crippen molar-refractivity contribution in [2.24, 2.45) is 0 Å². The zero-order valence-electron chi connectivity index (χ0n) is 49.1. The molecular weight excluding hydrogens is 913 g/mol. The lowest BCUT2D eigenvalue weighted by atomic mass is 10.0. The third-order valence-electron chi connectivity index (χ3n) is 13.9. The molecule has 0 bridgehead atoms. The number of rotatable bonds is 58. The summed E-state index contributed by atoms with van der Waals surface area (Å²) >= 11 is 0. The summed E-state index contributed by atoms with van der Waals surface area (Å²) in [6.45, 7) is 6.51. The van der Waals surface area contributed by atoms with Gasteiger partial charge in [0.25, 0.3) is 0 Å². The summed E-state index contributed by atoms with van der Waals surface area (Å²) in [6.07, 6.45) is 80.6. The van der Waals surface area contributed by atoms with Gasteiger partial charge < -0.3 is 14.2 Å². The van der Waals surface area contributed by atoms with Gasteiger partial charge in [0.05, 0.1) is 0 Å². The highest BCUT2D eigenvalue weighted by Crippen LogP contribution is 2.17. The van der Waals surface area contributed by atoms with E-state index in [-0.39, 0.29) is 31.1 Å². The molecule has 0 saturated heterocycles. The van der Waals surface area contributed by atoms with Crippen LogP contribution in [0.2, 0.25) is 0 Å². The first-order chi connectivity index (χ1) is 36.5. The fourth-order valence-corrected chi connectivity index (χ4v) is 9.16. The Morgan fingerprint density at radius 3 is 0.878 bits per heavy atom. The summed E-state index contributed by atoms with van der Waals surface area (Å²) in [5, 5.41) is 0. The Balaban J connectivity index is 4.13. The van der Waals surface area contributed by atoms with Crippen LogP contribution in [-0.2, 0) is 28.6 Å². The SMILES string of the molecule is CC/C=C\C/C=C\C/C=C\C/C=C\C/C=C\CCCCCCCCCCCCCCCCCC(=O)OCC(COC(=O)CCCCCCC/C=C\CCCC)OC(=O)CCCCCCCCCCCCCCCC. The molecule has 0 radical (unpaired) electrons. The maximum atomic E-state index is 12.9. The van der Waals surface area contributed by atoms with Gasteiger partial charge >= 0.3 is 17.9 Å². The maximum absolute atomic E-state index is 12.9. The van der Waals surface area contributed by atoms with E-state index in [4.69, 9.17) is 14.2 Å². The summed E-state index contributed by atoms with van der Waals surface area (Å²) in [5.41, 5.74) is 0. The third kappa shape index (κ3) is 59.7. The summed E-state index contributed by atoms with van der Waals surface area (Å²) < 4.78 is 16.9. The molecule has 0 saturated carbocycles. The smallest absolute Gasteiger partial charge is 0.306 e. The summed E-state index contributed by atoms with van der Waals surface area (Å²) in [7, 11) is 0. The molecule has 6 heteroatoms. The van der Waals surface area contributed by atoms with Crippen LogP contribution in [0.1, 0.15) is 323 Å². The molecule has 428 valence electrons. The van der Waals surface area contributed by atoms with E-state index in [1.807, 2.05) is 0 Å². The van der Waals surface area contributed by atoms with E-state index in [1.165, 1.54) is 186 Å². The average molecular weight is 1030 g/mol. The molecule has 0 aliphatic rings. The van der Waals surface area contributed by atoms with Crippen molar-refractivity contribution in [3.05, 3.63) is 72.9 Å². The average Bonchev–Trinajstić information content (AvgIpc) is 3.40. The van der Waals surface area contributed by atoms with Gasteiger partial charge in [-0.15, -0.1) is 0 Å². The van der Waals surface area contributed by atoms with Gasteiger partial charge in [0.1, 0.15) is 13.2 Å². The van der Waals surface area contributed by atoms with E-state index >= 15 is 0 Å². The summed E-state index contributed by atoms with van der Waals surface area (Å²) in [6, 6.07) is 0. The van der Waals surface area contributed by atoms with Crippen molar-refractivity contribution < 1.29 is 28.6 Å². The van der Waals surface area contributed by atoms with Gasteiger partial charge in [-0.05, 0) is 83.5 Å². The van der Waals surface area contributed by atoms with Gasteiger partial charge in [0.2, 0.25) is 0 Å². The fraction of sp³-hybridized carbons (Fsp3) is 0.779. The number of unbranched alkanes of at least 4 members (excludes halogenated alkanes) is 35. The van der Waals surface area contributed by atoms with Crippen molar-refractivity contribution in [2.75, 3.05) is 13.2 Å². The number of carbonyl (C=O) groups excluding carboxylic acids is 3. The van der Waals surface area contributed by atoms with Gasteiger partial charge in [-0.3, -0.25) is 14.4 Å². The van der Waals surface area contributed by atoms with Crippen LogP contribution in [0.25, 0.3) is 0 Å². The van der Waals surface area contributed by atoms with Crippen molar-refractivity contribution in [1.82, 2.24) is 0 Å². The van der Waals surface area contributed by atoms with E-state index in [0.29, 0.717) is 19.3 Å². The van der Waals surface area contributed by atoms with Gasteiger partial charge in [0.15, 0.2) is 6.10 Å². The molecule has 0 fully saturated rings. The standard InChI is InChI=1S/C68H120O6/c1-4-7-10-13-16-19-22-24-26-27-28-29-30-31-32-33-34-35-36-37-38-39-40-41-42-44-46-49-52-55-58-61-67(70)73-64-65(63-72-66(69)60-57-54-51-48-45-21-18-15-12-9-6-3)74-68(71)62-59-56-53-50-47-43-25-23-20-17-14-11-8-5-2/h7,10,15-16,18-19,24,26,28-29,31-32,65H,4-6,8-9,11-14,17,20-23,25,27,30,33-64H2,1-3H3/b10-7-,18-15-,19-16-,26-24-,29-28-,32-31-. The molecule has 0 N–H and O–H groups in total. The molecule has 0 spiro atoms. The first kappa shape index (κ1) is 70.8. The molecule has 0 aliphatic heterocycles. The predicted molar refractivity (Wildman–Crippen MR) is 321 cm³/mol. The highest BCUT2D eigenvalue weighted by atomic mass is 16.6. The highest BCUT2D eigenvalue weighted by molar-refractivity contribution is 5.71. The van der Waals surface area contributed by atoms with Crippen molar-refractivity contribution in [3.8, 4) is 0 Å². The van der Waals surface area contributed by atoms with Crippen molar-refractivity contribution in [2.45, 2.75) is 329 Å². The van der Waals surface area contributed by atoms with E-state index in [2.05, 4.69) is 93.7 Å². The predicted octanol–water partition coefficient (Wildman–Crippen LogP) is 21.7. The van der Waals surface area contributed by atoms with Crippen LogP contribution < -0.4 is 0 Å². The molecular formula is C68H120O6. The molecule has 0 aromatic carbocycles. The molecule has 0 heterocycles. The Bertz CT molecular complexity index is 1370. The van der Waals surface area contributed by atoms with E-state index < -0.39 is 6.10 Å². The second-order valence-electron chi connectivity index (χ2n) is 21.3. The quantitative estimate of drug-likeness (QED) is 0.0261. The third-order valence-corrected chi connectivity index (χ3v) is 13.9. The van der Waals surface area contributed by atoms with Crippen LogP contribution in [0, 0.1) is 0 Å². The Morgan fingerprint density at radius 2 is 0.541 bits per heavy atom. The number of carbonyl (C=O) groups is 3. The largest absolute Gasteiger partial charge is 0.462 e. The summed E-state index contributed by atoms with van der Waals surface area (Å²) in [5.74, 6) is -0.868. The molecule has 0 aliphatic carbocycles. The molecule has 0 amide bonds. The van der Waals surface area contributed by atoms with E-state index in [0.717, 1.165) is 96.3 Å². The second kappa shape index (κ2) is 62.4. The number of hydrogen-bond acceptors (Lipinski definition) is 6. The Kier molecular flexibility index (Phi) is 59.7. The number of hydrogen-bond donors (Lipinski definition) is 0. The Labute approximate surface area is 459 Å². The van der Waals surface area contributed by atoms with Crippen LogP contribution in [0.15, 0.2) is 72.9 Å². The normalized spacial score (nSPS) is 12.5. The van der Waals surface area contributed by atoms with Gasteiger partial charge in [0, 0.05) is 19.3 Å². The molecule has 6 nitrogen and oxygen atoms in total. The van der Waals surface area contributed by atoms with Crippen LogP contribution in [0.5, 0.6) is 0 Å². The van der Waals surface area contributed by atoms with Crippen LogP contribution >= 0.6 is 0 Å². The molecule has 74 heavy (non-hydrogen) atoms. The minimum atomic E-state index is -0.774. The molecule has 1 unspecified atom stereocenters. The van der Waals surface area contributed by atoms with Gasteiger partial charge in [-0.2, -0.15) is 0 Å². The highest BCUT2D eigenvalue weighted by Gasteiger charge is 2.19. The Morgan fingerprint density at radius 1 is 0.284 bits per heavy atom. The number of esters is 3. The number of allylic oxidation sites excluding steroid dienone is 12. The van der Waals surface area contributed by atoms with Crippen molar-refractivity contribution in [1.29, 1.82) is 0 Å². The second-order valence-corrected chi connectivity index (χ2v) is 21.3. The minimum Gasteiger partial charge on any atom is -0.462 e. The van der Waals surface area contributed by atoms with Crippen LogP contribution in [0.3, 0.4) is 0 Å². The summed E-state index contributed by atoms with van der Waals surface area (Å²) in [4.78, 5) is 38.2. The van der Waals surface area contributed by atoms with Gasteiger partial charge in [-0.25, -0.2) is 0 Å². The van der Waals surface area contributed by atoms with Gasteiger partial charge in [-0.1, -0.05) is 293 Å². The van der Waals surface area contributed by atoms with Crippen molar-refractivity contribution in [3.63, 3.8) is 0 Å². The molecule has 0 aromatic rings. The molecule has 1 atom stereocenters. The fourth-order valence-electron chi connectivity index (χ4n) is 9.16. The zero-order chi connectivity index (χ0) is 53.6. The molecule has 0 rings (SSSR count). The monoisotopic (exact) mass is 1030 g/mol. The van der Waals surface area contributed by atoms with Crippen LogP contribution in [-0.4, -0.2) is 37.2 Å². The first-order valence-corrected chi connectivity index (χ1v) is 31.9. The lowest BCUT2D eigenvalue weighted by Gasteiger charge is -2.18. The lowest BCUT2D eigenvalue weighted by molar-refractivity contribution is -0.167. The first-order valence-electron chi connectivity index (χ1n) is 31.9. The Hall–Kier alpha value is -3.15. The number of ether oxygens (including phenoxy) is 3. The topological polar surface area (TPSA) is 78.9 Å². The molecule has 0 aromatic heterocycles. The minimum absolute atomic E-state index is 0.0735. The van der Waals surface area contributed by atoms with E-state index in [1.54, 1.807) is 0 Å². The zero-order valence-corrected chi connectivity index (χ0v) is 49.1. The van der Waals surface area contributed by atoms with E-state index in [9.17, 15) is 14.4 Å². The van der Waals surface area contributed by atoms with Crippen molar-refractivity contribution >= 4 is 17.9 Å². The van der Waals surface area contributed by atoms with Crippen LogP contribution in [0.4, 0.5) is 0 Å². The lowest BCUT2D eigenvalue weighted by Crippen LogP contribution is -2.30. The maximum Gasteiger partial charge on any atom is 0.306 e.